The van der Waals surface area contributed by atoms with Gasteiger partial charge in [0.15, 0.2) is 5.60 Å². The maximum absolute atomic E-state index is 11.7. The number of halogens is 2. The Morgan fingerprint density at radius 2 is 2.00 bits per heavy atom. The fourth-order valence-corrected chi connectivity index (χ4v) is 0.175. The first-order chi connectivity index (χ1) is 4.00. The zero-order chi connectivity index (χ0) is 7.49. The van der Waals surface area contributed by atoms with Gasteiger partial charge in [-0.15, -0.1) is 0 Å². The molecule has 0 rings (SSSR count). The molecule has 0 saturated heterocycles. The fraction of sp³-hybridized carbons (Fsp3) is 0.800. The van der Waals surface area contributed by atoms with E-state index in [1.807, 2.05) is 0 Å². The van der Waals surface area contributed by atoms with Crippen LogP contribution in [0.5, 0.6) is 0 Å². The highest BCUT2D eigenvalue weighted by atomic mass is 19.3. The molecule has 4 heteroatoms. The van der Waals surface area contributed by atoms with E-state index in [2.05, 4.69) is 4.74 Å². The van der Waals surface area contributed by atoms with Crippen molar-refractivity contribution >= 4 is 6.47 Å². The summed E-state index contributed by atoms with van der Waals surface area (Å²) >= 11 is 0. The van der Waals surface area contributed by atoms with Gasteiger partial charge in [-0.1, -0.05) is 0 Å². The van der Waals surface area contributed by atoms with Crippen LogP contribution in [0.2, 0.25) is 0 Å². The van der Waals surface area contributed by atoms with Gasteiger partial charge in [0.25, 0.3) is 12.9 Å². The smallest absolute Gasteiger partial charge is 0.293 e. The number of ether oxygens (including phenoxy) is 1. The van der Waals surface area contributed by atoms with Crippen molar-refractivity contribution in [2.45, 2.75) is 25.9 Å². The van der Waals surface area contributed by atoms with Crippen molar-refractivity contribution in [1.82, 2.24) is 0 Å². The molecule has 0 fully saturated rings. The molecule has 0 heterocycles. The van der Waals surface area contributed by atoms with E-state index in [1.165, 1.54) is 0 Å². The number of carbonyl (C=O) groups is 1. The van der Waals surface area contributed by atoms with E-state index in [-0.39, 0.29) is 6.47 Å². The van der Waals surface area contributed by atoms with Gasteiger partial charge < -0.3 is 4.74 Å². The van der Waals surface area contributed by atoms with Gasteiger partial charge in [0, 0.05) is 0 Å². The molecule has 0 amide bonds. The van der Waals surface area contributed by atoms with Gasteiger partial charge in [0.2, 0.25) is 0 Å². The maximum atomic E-state index is 11.7. The highest BCUT2D eigenvalue weighted by Gasteiger charge is 2.30. The van der Waals surface area contributed by atoms with Crippen molar-refractivity contribution < 1.29 is 18.3 Å². The quantitative estimate of drug-likeness (QED) is 0.548. The molecule has 0 N–H and O–H groups in total. The van der Waals surface area contributed by atoms with Crippen LogP contribution in [-0.2, 0) is 9.53 Å². The third-order valence-electron chi connectivity index (χ3n) is 0.877. The molecular weight excluding hydrogens is 130 g/mol. The minimum atomic E-state index is -2.64. The summed E-state index contributed by atoms with van der Waals surface area (Å²) in [4.78, 5) is 9.57. The summed E-state index contributed by atoms with van der Waals surface area (Å²) in [7, 11) is 0. The van der Waals surface area contributed by atoms with Crippen LogP contribution >= 0.6 is 0 Å². The number of alkyl halides is 2. The summed E-state index contributed by atoms with van der Waals surface area (Å²) in [5.74, 6) is 0. The Labute approximate surface area is 51.8 Å². The molecule has 0 aliphatic carbocycles. The predicted octanol–water partition coefficient (Wildman–Crippen LogP) is 1.20. The van der Waals surface area contributed by atoms with Crippen molar-refractivity contribution in [2.75, 3.05) is 0 Å². The molecule has 0 unspecified atom stereocenters. The number of rotatable bonds is 3. The Kier molecular flexibility index (Phi) is 2.55. The summed E-state index contributed by atoms with van der Waals surface area (Å²) in [5.41, 5.74) is -1.65. The summed E-state index contributed by atoms with van der Waals surface area (Å²) in [6, 6.07) is 0. The summed E-state index contributed by atoms with van der Waals surface area (Å²) < 4.78 is 27.5. The van der Waals surface area contributed by atoms with Crippen LogP contribution in [0.3, 0.4) is 0 Å². The van der Waals surface area contributed by atoms with E-state index in [0.717, 1.165) is 13.8 Å². The third kappa shape index (κ3) is 2.39. The second kappa shape index (κ2) is 2.75. The van der Waals surface area contributed by atoms with E-state index in [1.54, 1.807) is 0 Å². The van der Waals surface area contributed by atoms with Crippen molar-refractivity contribution in [1.29, 1.82) is 0 Å². The van der Waals surface area contributed by atoms with Crippen molar-refractivity contribution in [3.05, 3.63) is 0 Å². The minimum Gasteiger partial charge on any atom is -0.456 e. The Bertz CT molecular complexity index is 101. The lowest BCUT2D eigenvalue weighted by atomic mass is 10.1. The molecule has 0 atom stereocenters. The zero-order valence-electron chi connectivity index (χ0n) is 5.23. The zero-order valence-corrected chi connectivity index (χ0v) is 5.23. The standard InChI is InChI=1S/C5H8F2O2/c1-5(2,4(6)7)9-3-8/h3-4H,1-2H3. The molecule has 54 valence electrons. The van der Waals surface area contributed by atoms with Gasteiger partial charge in [-0.25, -0.2) is 8.78 Å². The highest BCUT2D eigenvalue weighted by Crippen LogP contribution is 2.17. The van der Waals surface area contributed by atoms with Gasteiger partial charge in [-0.05, 0) is 13.8 Å². The molecular formula is C5H8F2O2. The lowest BCUT2D eigenvalue weighted by Gasteiger charge is -2.20. The molecule has 0 aromatic rings. The molecule has 2 nitrogen and oxygen atoms in total. The van der Waals surface area contributed by atoms with Gasteiger partial charge in [-0.3, -0.25) is 4.79 Å². The number of hydrogen-bond acceptors (Lipinski definition) is 2. The van der Waals surface area contributed by atoms with E-state index < -0.39 is 12.0 Å². The van der Waals surface area contributed by atoms with E-state index in [0.29, 0.717) is 0 Å². The van der Waals surface area contributed by atoms with Crippen LogP contribution in [0, 0.1) is 0 Å². The van der Waals surface area contributed by atoms with E-state index >= 15 is 0 Å². The average molecular weight is 138 g/mol. The second-order valence-electron chi connectivity index (χ2n) is 2.12. The predicted molar refractivity (Wildman–Crippen MR) is 27.2 cm³/mol. The van der Waals surface area contributed by atoms with Crippen molar-refractivity contribution in [2.24, 2.45) is 0 Å². The SMILES string of the molecule is CC(C)(OC=O)C(F)F. The average Bonchev–Trinajstić information content (AvgIpc) is 1.65. The second-order valence-corrected chi connectivity index (χ2v) is 2.12. The van der Waals surface area contributed by atoms with Crippen molar-refractivity contribution in [3.63, 3.8) is 0 Å². The summed E-state index contributed by atoms with van der Waals surface area (Å²) in [5, 5.41) is 0. The number of hydrogen-bond donors (Lipinski definition) is 0. The van der Waals surface area contributed by atoms with E-state index in [9.17, 15) is 13.6 Å². The van der Waals surface area contributed by atoms with Crippen LogP contribution in [0.4, 0.5) is 8.78 Å². The molecule has 0 saturated carbocycles. The fourth-order valence-electron chi connectivity index (χ4n) is 0.175. The topological polar surface area (TPSA) is 26.3 Å². The Hall–Kier alpha value is -0.670. The highest BCUT2D eigenvalue weighted by molar-refractivity contribution is 5.38. The van der Waals surface area contributed by atoms with Crippen molar-refractivity contribution in [3.8, 4) is 0 Å². The minimum absolute atomic E-state index is 0.0200. The molecule has 0 spiro atoms. The molecule has 9 heavy (non-hydrogen) atoms. The van der Waals surface area contributed by atoms with E-state index in [4.69, 9.17) is 0 Å². The van der Waals surface area contributed by atoms with Gasteiger partial charge in [-0.2, -0.15) is 0 Å². The van der Waals surface area contributed by atoms with Gasteiger partial charge in [0.05, 0.1) is 0 Å². The molecule has 0 radical (unpaired) electrons. The summed E-state index contributed by atoms with van der Waals surface area (Å²) in [6.45, 7) is 2.31. The van der Waals surface area contributed by atoms with Crippen LogP contribution in [0.1, 0.15) is 13.8 Å². The first-order valence-corrected chi connectivity index (χ1v) is 2.40. The number of carbonyl (C=O) groups excluding carboxylic acids is 1. The Morgan fingerprint density at radius 3 is 2.11 bits per heavy atom. The van der Waals surface area contributed by atoms with Crippen LogP contribution < -0.4 is 0 Å². The molecule has 0 aromatic carbocycles. The molecule has 0 aromatic heterocycles. The molecule has 0 aliphatic rings. The molecule has 0 bridgehead atoms. The lowest BCUT2D eigenvalue weighted by molar-refractivity contribution is -0.155. The normalized spacial score (nSPS) is 11.7. The van der Waals surface area contributed by atoms with Crippen LogP contribution in [-0.4, -0.2) is 18.5 Å². The Morgan fingerprint density at radius 1 is 1.56 bits per heavy atom. The largest absolute Gasteiger partial charge is 0.456 e. The van der Waals surface area contributed by atoms with Crippen LogP contribution in [0.15, 0.2) is 0 Å². The first kappa shape index (κ1) is 8.33. The van der Waals surface area contributed by atoms with Gasteiger partial charge >= 0.3 is 0 Å². The van der Waals surface area contributed by atoms with Gasteiger partial charge in [0.1, 0.15) is 0 Å². The third-order valence-corrected chi connectivity index (χ3v) is 0.877. The Balaban J connectivity index is 3.84. The first-order valence-electron chi connectivity index (χ1n) is 2.40. The maximum Gasteiger partial charge on any atom is 0.293 e. The lowest BCUT2D eigenvalue weighted by Crippen LogP contribution is -2.32. The summed E-state index contributed by atoms with van der Waals surface area (Å²) in [6.07, 6.45) is -2.64. The monoisotopic (exact) mass is 138 g/mol. The van der Waals surface area contributed by atoms with Crippen LogP contribution in [0.25, 0.3) is 0 Å². The molecule has 0 aliphatic heterocycles.